The molecule has 0 unspecified atom stereocenters. The highest BCUT2D eigenvalue weighted by Crippen LogP contribution is 2.30. The van der Waals surface area contributed by atoms with Gasteiger partial charge in [-0.3, -0.25) is 9.59 Å². The molecule has 0 radical (unpaired) electrons. The molecule has 0 bridgehead atoms. The van der Waals surface area contributed by atoms with Gasteiger partial charge in [0.1, 0.15) is 16.5 Å². The molecule has 3 rings (SSSR count). The average Bonchev–Trinajstić information content (AvgIpc) is 2.88. The van der Waals surface area contributed by atoms with Crippen molar-refractivity contribution < 1.29 is 14.0 Å². The third kappa shape index (κ3) is 4.93. The fourth-order valence-corrected chi connectivity index (χ4v) is 4.21. The molecule has 6 heteroatoms. The predicted molar refractivity (Wildman–Crippen MR) is 109 cm³/mol. The molecular formula is C22H28ClFN2O2. The maximum absolute atomic E-state index is 14.1. The number of halogens is 2. The maximum Gasteiger partial charge on any atom is 0.283 e. The highest BCUT2D eigenvalue weighted by molar-refractivity contribution is 6.52. The number of hydrogen-bond donors (Lipinski definition) is 1. The van der Waals surface area contributed by atoms with E-state index in [0.717, 1.165) is 30.6 Å². The topological polar surface area (TPSA) is 49.4 Å². The van der Waals surface area contributed by atoms with Crippen molar-refractivity contribution >= 4 is 29.1 Å². The van der Waals surface area contributed by atoms with Crippen molar-refractivity contribution in [2.24, 2.45) is 0 Å². The van der Waals surface area contributed by atoms with Gasteiger partial charge in [-0.15, -0.1) is 0 Å². The molecule has 1 N–H and O–H groups in total. The second kappa shape index (κ2) is 10.1. The molecule has 0 atom stereocenters. The van der Waals surface area contributed by atoms with E-state index in [0.29, 0.717) is 0 Å². The Hall–Kier alpha value is -1.88. The van der Waals surface area contributed by atoms with E-state index in [1.165, 1.54) is 63.1 Å². The third-order valence-electron chi connectivity index (χ3n) is 5.57. The number of hydrogen-bond acceptors (Lipinski definition) is 3. The highest BCUT2D eigenvalue weighted by Gasteiger charge is 2.40. The van der Waals surface area contributed by atoms with Crippen LogP contribution >= 0.6 is 11.6 Å². The molecule has 28 heavy (non-hydrogen) atoms. The minimum absolute atomic E-state index is 0.0638. The Morgan fingerprint density at radius 1 is 0.857 bits per heavy atom. The van der Waals surface area contributed by atoms with Gasteiger partial charge in [0.05, 0.1) is 5.69 Å². The van der Waals surface area contributed by atoms with Crippen LogP contribution in [0, 0.1) is 5.82 Å². The Kier molecular flexibility index (Phi) is 7.49. The Labute approximate surface area is 171 Å². The quantitative estimate of drug-likeness (QED) is 0.682. The Balaban J connectivity index is 1.71. The van der Waals surface area contributed by atoms with E-state index in [-0.39, 0.29) is 22.5 Å². The first-order valence-electron chi connectivity index (χ1n) is 10.4. The normalized spacial score (nSPS) is 20.9. The number of benzene rings is 1. The van der Waals surface area contributed by atoms with Crippen molar-refractivity contribution in [2.45, 2.75) is 76.7 Å². The summed E-state index contributed by atoms with van der Waals surface area (Å²) in [7, 11) is 0. The van der Waals surface area contributed by atoms with Gasteiger partial charge in [0, 0.05) is 6.04 Å². The number of para-hydroxylation sites is 1. The Bertz CT molecular complexity index is 738. The van der Waals surface area contributed by atoms with Crippen LogP contribution < -0.4 is 10.2 Å². The van der Waals surface area contributed by atoms with Crippen LogP contribution in [0.5, 0.6) is 0 Å². The van der Waals surface area contributed by atoms with Crippen LogP contribution in [-0.2, 0) is 9.59 Å². The number of nitrogens with one attached hydrogen (secondary N) is 1. The van der Waals surface area contributed by atoms with Gasteiger partial charge in [0.2, 0.25) is 0 Å². The van der Waals surface area contributed by atoms with Gasteiger partial charge in [-0.1, -0.05) is 81.5 Å². The summed E-state index contributed by atoms with van der Waals surface area (Å²) in [5.41, 5.74) is 0.0400. The highest BCUT2D eigenvalue weighted by atomic mass is 35.5. The van der Waals surface area contributed by atoms with Crippen LogP contribution in [0.15, 0.2) is 35.0 Å². The Morgan fingerprint density at radius 2 is 1.39 bits per heavy atom. The summed E-state index contributed by atoms with van der Waals surface area (Å²) in [6.07, 6.45) is 12.8. The lowest BCUT2D eigenvalue weighted by Crippen LogP contribution is -2.37. The molecule has 152 valence electrons. The molecule has 1 aromatic rings. The monoisotopic (exact) mass is 406 g/mol. The SMILES string of the molecule is O=C1C(Cl)=C(NC2CCCCCCCCCCC2)C(=O)N1c1ccccc1F. The Morgan fingerprint density at radius 3 is 1.96 bits per heavy atom. The van der Waals surface area contributed by atoms with Gasteiger partial charge in [-0.25, -0.2) is 9.29 Å². The molecule has 1 fully saturated rings. The first-order chi connectivity index (χ1) is 13.6. The standard InChI is InChI=1S/C22H28ClFN2O2/c23-19-20(22(28)26(21(19)27)18-15-11-10-14-17(18)24)25-16-12-8-6-4-2-1-3-5-7-9-13-16/h10-11,14-16,25H,1-9,12-13H2. The zero-order chi connectivity index (χ0) is 19.9. The predicted octanol–water partition coefficient (Wildman–Crippen LogP) is 5.41. The summed E-state index contributed by atoms with van der Waals surface area (Å²) in [4.78, 5) is 26.2. The van der Waals surface area contributed by atoms with Gasteiger partial charge in [0.15, 0.2) is 0 Å². The van der Waals surface area contributed by atoms with E-state index < -0.39 is 17.6 Å². The van der Waals surface area contributed by atoms with Crippen molar-refractivity contribution in [2.75, 3.05) is 4.90 Å². The van der Waals surface area contributed by atoms with E-state index >= 15 is 0 Å². The second-order valence-corrected chi connectivity index (χ2v) is 8.06. The van der Waals surface area contributed by atoms with E-state index in [1.54, 1.807) is 6.07 Å². The average molecular weight is 407 g/mol. The van der Waals surface area contributed by atoms with Gasteiger partial charge in [0.25, 0.3) is 11.8 Å². The van der Waals surface area contributed by atoms with E-state index in [4.69, 9.17) is 11.6 Å². The molecule has 0 aromatic heterocycles. The maximum atomic E-state index is 14.1. The minimum atomic E-state index is -0.674. The third-order valence-corrected chi connectivity index (χ3v) is 5.92. The number of imide groups is 1. The number of nitrogens with zero attached hydrogens (tertiary/aromatic N) is 1. The van der Waals surface area contributed by atoms with Crippen molar-refractivity contribution in [3.8, 4) is 0 Å². The number of amides is 2. The zero-order valence-corrected chi connectivity index (χ0v) is 16.9. The second-order valence-electron chi connectivity index (χ2n) is 7.69. The van der Waals surface area contributed by atoms with Gasteiger partial charge in [-0.05, 0) is 25.0 Å². The summed E-state index contributed by atoms with van der Waals surface area (Å²) in [5.74, 6) is -1.88. The lowest BCUT2D eigenvalue weighted by atomic mass is 9.98. The molecule has 1 aromatic carbocycles. The largest absolute Gasteiger partial charge is 0.376 e. The molecule has 1 aliphatic carbocycles. The summed E-state index contributed by atoms with van der Waals surface area (Å²) in [6, 6.07) is 5.84. The summed E-state index contributed by atoms with van der Waals surface area (Å²) < 4.78 is 14.1. The number of rotatable bonds is 3. The van der Waals surface area contributed by atoms with E-state index in [1.807, 2.05) is 0 Å². The summed E-state index contributed by atoms with van der Waals surface area (Å²) in [6.45, 7) is 0. The number of anilines is 1. The van der Waals surface area contributed by atoms with E-state index in [2.05, 4.69) is 5.32 Å². The number of carbonyl (C=O) groups is 2. The van der Waals surface area contributed by atoms with Crippen LogP contribution in [0.1, 0.15) is 70.6 Å². The minimum Gasteiger partial charge on any atom is -0.376 e. The van der Waals surface area contributed by atoms with Crippen LogP contribution in [0.2, 0.25) is 0 Å². The van der Waals surface area contributed by atoms with E-state index in [9.17, 15) is 14.0 Å². The molecule has 1 heterocycles. The van der Waals surface area contributed by atoms with Crippen molar-refractivity contribution in [3.63, 3.8) is 0 Å². The first-order valence-corrected chi connectivity index (χ1v) is 10.8. The summed E-state index contributed by atoms with van der Waals surface area (Å²) >= 11 is 6.20. The molecule has 1 aliphatic heterocycles. The van der Waals surface area contributed by atoms with Crippen LogP contribution in [0.4, 0.5) is 10.1 Å². The van der Waals surface area contributed by atoms with Gasteiger partial charge < -0.3 is 5.32 Å². The lowest BCUT2D eigenvalue weighted by Gasteiger charge is -2.21. The molecule has 2 amide bonds. The van der Waals surface area contributed by atoms with Crippen molar-refractivity contribution in [1.82, 2.24) is 5.32 Å². The fraction of sp³-hybridized carbons (Fsp3) is 0.545. The molecule has 2 aliphatic rings. The number of carbonyl (C=O) groups excluding carboxylic acids is 2. The molecule has 4 nitrogen and oxygen atoms in total. The summed E-state index contributed by atoms with van der Waals surface area (Å²) in [5, 5.41) is 3.08. The zero-order valence-electron chi connectivity index (χ0n) is 16.2. The fourth-order valence-electron chi connectivity index (χ4n) is 3.99. The van der Waals surface area contributed by atoms with Crippen LogP contribution in [0.3, 0.4) is 0 Å². The molecular weight excluding hydrogens is 379 g/mol. The smallest absolute Gasteiger partial charge is 0.283 e. The molecule has 0 saturated heterocycles. The van der Waals surface area contributed by atoms with Crippen LogP contribution in [0.25, 0.3) is 0 Å². The van der Waals surface area contributed by atoms with Crippen molar-refractivity contribution in [3.05, 3.63) is 40.8 Å². The van der Waals surface area contributed by atoms with Gasteiger partial charge >= 0.3 is 0 Å². The molecule has 1 saturated carbocycles. The molecule has 0 spiro atoms. The first kappa shape index (κ1) is 20.8. The van der Waals surface area contributed by atoms with Gasteiger partial charge in [-0.2, -0.15) is 0 Å². The van der Waals surface area contributed by atoms with Crippen LogP contribution in [-0.4, -0.2) is 17.9 Å². The van der Waals surface area contributed by atoms with Crippen molar-refractivity contribution in [1.29, 1.82) is 0 Å². The lowest BCUT2D eigenvalue weighted by molar-refractivity contribution is -0.120.